The Morgan fingerprint density at radius 3 is 0.583 bits per heavy atom. The molecule has 12 heavy (non-hydrogen) atoms. The molecule has 0 saturated heterocycles. The average molecular weight is 379 g/mol. The van der Waals surface area contributed by atoms with Crippen LogP contribution in [-0.4, -0.2) is 35.0 Å². The van der Waals surface area contributed by atoms with Crippen LogP contribution in [0.2, 0.25) is 0 Å². The average Bonchev–Trinajstić information content (AvgIpc) is 1.12. The topological polar surface area (TPSA) is 149 Å². The molecule has 0 saturated carbocycles. The molecule has 0 radical (unpaired) electrons. The zero-order valence-corrected chi connectivity index (χ0v) is 11.8. The Hall–Kier alpha value is 1.51. The molecule has 0 aromatic carbocycles. The molecule has 0 rings (SSSR count). The van der Waals surface area contributed by atoms with Crippen molar-refractivity contribution < 1.29 is 87.5 Å². The summed E-state index contributed by atoms with van der Waals surface area (Å²) in [6.45, 7) is 0. The van der Waals surface area contributed by atoms with Crippen LogP contribution in [0.5, 0.6) is 0 Å². The third-order valence-electron chi connectivity index (χ3n) is 0. The fourth-order valence-corrected chi connectivity index (χ4v) is 0. The standard InChI is InChI=1S/2H2O4S.2Zr/c2*1-5(2,3)4;;/h2*(H2,1,2,3,4);;. The molecular weight excluding hydrogens is 375 g/mol. The van der Waals surface area contributed by atoms with Crippen molar-refractivity contribution in [1.82, 2.24) is 0 Å². The Kier molecular flexibility index (Phi) is 17.7. The Bertz CT molecular complexity index is 211. The molecule has 12 heteroatoms. The SMILES string of the molecule is O=S(=O)(O)O.O=S(=O)(O)O.[Zr].[Zr]. The first-order chi connectivity index (χ1) is 4.00. The van der Waals surface area contributed by atoms with E-state index in [9.17, 15) is 0 Å². The van der Waals surface area contributed by atoms with Gasteiger partial charge in [0.2, 0.25) is 0 Å². The summed E-state index contributed by atoms with van der Waals surface area (Å²) >= 11 is 0. The van der Waals surface area contributed by atoms with Gasteiger partial charge in [-0.1, -0.05) is 0 Å². The predicted molar refractivity (Wildman–Crippen MR) is 28.4 cm³/mol. The van der Waals surface area contributed by atoms with Crippen LogP contribution in [0.4, 0.5) is 0 Å². The van der Waals surface area contributed by atoms with Crippen molar-refractivity contribution in [3.05, 3.63) is 0 Å². The van der Waals surface area contributed by atoms with Gasteiger partial charge in [0.15, 0.2) is 0 Å². The van der Waals surface area contributed by atoms with Crippen LogP contribution in [0, 0.1) is 0 Å². The summed E-state index contributed by atoms with van der Waals surface area (Å²) in [5, 5.41) is 0. The van der Waals surface area contributed by atoms with Gasteiger partial charge in [0, 0.05) is 52.4 Å². The number of hydrogen-bond donors (Lipinski definition) is 4. The van der Waals surface area contributed by atoms with Crippen LogP contribution in [0.15, 0.2) is 0 Å². The van der Waals surface area contributed by atoms with Gasteiger partial charge in [0.05, 0.1) is 0 Å². The monoisotopic (exact) mass is 376 g/mol. The maximum Gasteiger partial charge on any atom is 0.394 e. The molecule has 0 aliphatic heterocycles. The largest absolute Gasteiger partial charge is 0.394 e. The van der Waals surface area contributed by atoms with E-state index in [1.807, 2.05) is 0 Å². The van der Waals surface area contributed by atoms with Gasteiger partial charge in [-0.25, -0.2) is 0 Å². The fourth-order valence-electron chi connectivity index (χ4n) is 0. The maximum atomic E-state index is 8.74. The summed E-state index contributed by atoms with van der Waals surface area (Å²) in [5.41, 5.74) is 0. The second-order valence-electron chi connectivity index (χ2n) is 0.896. The van der Waals surface area contributed by atoms with E-state index in [1.165, 1.54) is 0 Å². The molecule has 0 fully saturated rings. The third-order valence-corrected chi connectivity index (χ3v) is 0. The molecule has 8 nitrogen and oxygen atoms in total. The Morgan fingerprint density at radius 1 is 0.583 bits per heavy atom. The zero-order chi connectivity index (χ0) is 9.00. The zero-order valence-electron chi connectivity index (χ0n) is 5.24. The molecule has 0 aliphatic carbocycles. The van der Waals surface area contributed by atoms with Crippen LogP contribution in [0.1, 0.15) is 0 Å². The molecule has 0 bridgehead atoms. The molecule has 0 spiro atoms. The summed E-state index contributed by atoms with van der Waals surface area (Å²) in [5.74, 6) is 0. The van der Waals surface area contributed by atoms with Gasteiger partial charge in [0.1, 0.15) is 0 Å². The minimum atomic E-state index is -4.67. The Labute approximate surface area is 107 Å². The van der Waals surface area contributed by atoms with Crippen molar-refractivity contribution in [2.75, 3.05) is 0 Å². The quantitative estimate of drug-likeness (QED) is 0.380. The van der Waals surface area contributed by atoms with Crippen molar-refractivity contribution in [3.63, 3.8) is 0 Å². The first-order valence-electron chi connectivity index (χ1n) is 1.40. The van der Waals surface area contributed by atoms with Gasteiger partial charge in [-0.3, -0.25) is 18.2 Å². The minimum absolute atomic E-state index is 0. The molecule has 0 aromatic heterocycles. The van der Waals surface area contributed by atoms with E-state index < -0.39 is 20.8 Å². The second-order valence-corrected chi connectivity index (χ2v) is 2.69. The van der Waals surface area contributed by atoms with E-state index in [2.05, 4.69) is 0 Å². The normalized spacial score (nSPS) is 9.67. The van der Waals surface area contributed by atoms with Crippen molar-refractivity contribution >= 4 is 20.8 Å². The van der Waals surface area contributed by atoms with E-state index in [-0.39, 0.29) is 52.4 Å². The summed E-state index contributed by atoms with van der Waals surface area (Å²) in [7, 11) is -9.33. The van der Waals surface area contributed by atoms with Gasteiger partial charge in [-0.05, 0) is 0 Å². The molecule has 0 unspecified atom stereocenters. The van der Waals surface area contributed by atoms with Crippen molar-refractivity contribution in [2.45, 2.75) is 0 Å². The van der Waals surface area contributed by atoms with Crippen molar-refractivity contribution in [3.8, 4) is 0 Å². The maximum absolute atomic E-state index is 8.74. The van der Waals surface area contributed by atoms with Crippen LogP contribution < -0.4 is 0 Å². The molecule has 0 atom stereocenters. The summed E-state index contributed by atoms with van der Waals surface area (Å²) in [6.07, 6.45) is 0. The number of hydrogen-bond acceptors (Lipinski definition) is 4. The van der Waals surface area contributed by atoms with Gasteiger partial charge < -0.3 is 0 Å². The van der Waals surface area contributed by atoms with Gasteiger partial charge in [-0.2, -0.15) is 16.8 Å². The molecule has 0 aliphatic rings. The van der Waals surface area contributed by atoms with Gasteiger partial charge in [0.25, 0.3) is 0 Å². The van der Waals surface area contributed by atoms with Crippen LogP contribution in [0.25, 0.3) is 0 Å². The molecule has 0 heterocycles. The summed E-state index contributed by atoms with van der Waals surface area (Å²) < 4.78 is 63.2. The summed E-state index contributed by atoms with van der Waals surface area (Å²) in [6, 6.07) is 0. The minimum Gasteiger partial charge on any atom is -0.264 e. The Balaban J connectivity index is -0.0000000457. The van der Waals surface area contributed by atoms with Crippen molar-refractivity contribution in [2.24, 2.45) is 0 Å². The van der Waals surface area contributed by atoms with E-state index in [0.717, 1.165) is 0 Å². The van der Waals surface area contributed by atoms with Crippen molar-refractivity contribution in [1.29, 1.82) is 0 Å². The molecular formula is H4O8S2Zr2. The molecule has 72 valence electrons. The second kappa shape index (κ2) is 9.08. The molecule has 0 aromatic rings. The van der Waals surface area contributed by atoms with E-state index in [1.54, 1.807) is 0 Å². The van der Waals surface area contributed by atoms with E-state index in [4.69, 9.17) is 35.0 Å². The summed E-state index contributed by atoms with van der Waals surface area (Å²) in [4.78, 5) is 0. The van der Waals surface area contributed by atoms with Gasteiger partial charge in [-0.15, -0.1) is 0 Å². The van der Waals surface area contributed by atoms with Crippen LogP contribution in [0.3, 0.4) is 0 Å². The molecule has 4 N–H and O–H groups in total. The smallest absolute Gasteiger partial charge is 0.264 e. The first-order valence-corrected chi connectivity index (χ1v) is 4.19. The molecule has 0 amide bonds. The van der Waals surface area contributed by atoms with Gasteiger partial charge >= 0.3 is 20.8 Å². The fraction of sp³-hybridized carbons (Fsp3) is 0. The Morgan fingerprint density at radius 2 is 0.583 bits per heavy atom. The van der Waals surface area contributed by atoms with Crippen LogP contribution in [-0.2, 0) is 73.2 Å². The first kappa shape index (κ1) is 23.4. The predicted octanol–water partition coefficient (Wildman–Crippen LogP) is -1.31. The van der Waals surface area contributed by atoms with Crippen LogP contribution >= 0.6 is 0 Å². The van der Waals surface area contributed by atoms with E-state index >= 15 is 0 Å². The van der Waals surface area contributed by atoms with E-state index in [0.29, 0.717) is 0 Å². The number of rotatable bonds is 0. The third kappa shape index (κ3) is 560.